The summed E-state index contributed by atoms with van der Waals surface area (Å²) in [7, 11) is -3.85. The maximum Gasteiger partial charge on any atom is 0.417 e. The molecular formula is C14H14N4O6S. The van der Waals surface area contributed by atoms with Crippen molar-refractivity contribution < 1.29 is 22.2 Å². The summed E-state index contributed by atoms with van der Waals surface area (Å²) in [6, 6.07) is 5.53. The van der Waals surface area contributed by atoms with Crippen LogP contribution in [0.25, 0.3) is 11.1 Å². The van der Waals surface area contributed by atoms with Gasteiger partial charge in [-0.15, -0.1) is 0 Å². The lowest BCUT2D eigenvalue weighted by Gasteiger charge is -2.06. The van der Waals surface area contributed by atoms with Crippen LogP contribution in [0.1, 0.15) is 12.2 Å². The predicted octanol–water partition coefficient (Wildman–Crippen LogP) is 0.725. The molecule has 2 aromatic heterocycles. The molecule has 1 amide bonds. The van der Waals surface area contributed by atoms with Gasteiger partial charge in [-0.05, 0) is 19.1 Å². The number of rotatable bonds is 6. The SMILES string of the molecule is Cc1cc(NC(=O)CCNS(=O)(=O)c2ccc3[nH]c(=O)oc3c2)no1. The highest BCUT2D eigenvalue weighted by molar-refractivity contribution is 7.89. The third kappa shape index (κ3) is 3.95. The summed E-state index contributed by atoms with van der Waals surface area (Å²) in [5.74, 6) is -0.276. The van der Waals surface area contributed by atoms with Gasteiger partial charge in [0.25, 0.3) is 0 Å². The largest absolute Gasteiger partial charge is 0.417 e. The fourth-order valence-electron chi connectivity index (χ4n) is 2.11. The summed E-state index contributed by atoms with van der Waals surface area (Å²) in [4.78, 5) is 25.2. The molecule has 0 fully saturated rings. The summed E-state index contributed by atoms with van der Waals surface area (Å²) in [5, 5.41) is 6.09. The standard InChI is InChI=1S/C14H14N4O6S/c1-8-6-12(18-24-8)17-13(19)4-5-15-25(21,22)9-2-3-10-11(7-9)23-14(20)16-10/h2-3,6-7,15H,4-5H2,1H3,(H,16,20)(H,17,18,19). The van der Waals surface area contributed by atoms with Crippen molar-refractivity contribution in [1.82, 2.24) is 14.9 Å². The number of oxazole rings is 1. The molecule has 0 unspecified atom stereocenters. The van der Waals surface area contributed by atoms with Gasteiger partial charge in [-0.1, -0.05) is 5.16 Å². The second-order valence-corrected chi connectivity index (χ2v) is 6.96. The number of anilines is 1. The van der Waals surface area contributed by atoms with Crippen LogP contribution in [0.5, 0.6) is 0 Å². The highest BCUT2D eigenvalue weighted by Crippen LogP contribution is 2.16. The summed E-state index contributed by atoms with van der Waals surface area (Å²) in [6.45, 7) is 1.57. The molecule has 10 nitrogen and oxygen atoms in total. The molecule has 3 N–H and O–H groups in total. The van der Waals surface area contributed by atoms with E-state index < -0.39 is 21.7 Å². The summed E-state index contributed by atoms with van der Waals surface area (Å²) >= 11 is 0. The Morgan fingerprint density at radius 3 is 2.84 bits per heavy atom. The van der Waals surface area contributed by atoms with Gasteiger partial charge >= 0.3 is 5.76 Å². The Kier molecular flexibility index (Phi) is 4.42. The van der Waals surface area contributed by atoms with Crippen LogP contribution in [-0.2, 0) is 14.8 Å². The van der Waals surface area contributed by atoms with Crippen molar-refractivity contribution in [2.24, 2.45) is 0 Å². The van der Waals surface area contributed by atoms with Crippen LogP contribution in [0.2, 0.25) is 0 Å². The van der Waals surface area contributed by atoms with E-state index in [1.807, 2.05) is 0 Å². The van der Waals surface area contributed by atoms with E-state index in [0.29, 0.717) is 11.3 Å². The number of carbonyl (C=O) groups excluding carboxylic acids is 1. The average Bonchev–Trinajstić information content (AvgIpc) is 3.10. The first-order chi connectivity index (χ1) is 11.8. The minimum absolute atomic E-state index is 0.0738. The Balaban J connectivity index is 1.60. The first-order valence-electron chi connectivity index (χ1n) is 7.19. The molecule has 132 valence electrons. The zero-order valence-corrected chi connectivity index (χ0v) is 13.8. The number of aryl methyl sites for hydroxylation is 1. The molecule has 0 aliphatic heterocycles. The van der Waals surface area contributed by atoms with Crippen LogP contribution >= 0.6 is 0 Å². The molecule has 25 heavy (non-hydrogen) atoms. The number of carbonyl (C=O) groups is 1. The minimum Gasteiger partial charge on any atom is -0.408 e. The Labute approximate surface area is 141 Å². The average molecular weight is 366 g/mol. The molecule has 0 spiro atoms. The maximum absolute atomic E-state index is 12.2. The van der Waals surface area contributed by atoms with E-state index in [2.05, 4.69) is 20.2 Å². The van der Waals surface area contributed by atoms with Gasteiger partial charge in [0.2, 0.25) is 15.9 Å². The van der Waals surface area contributed by atoms with E-state index in [9.17, 15) is 18.0 Å². The fourth-order valence-corrected chi connectivity index (χ4v) is 3.15. The first kappa shape index (κ1) is 16.9. The zero-order chi connectivity index (χ0) is 18.0. The van der Waals surface area contributed by atoms with Crippen molar-refractivity contribution in [1.29, 1.82) is 0 Å². The topological polar surface area (TPSA) is 147 Å². The molecule has 0 saturated heterocycles. The van der Waals surface area contributed by atoms with E-state index in [-0.39, 0.29) is 29.3 Å². The van der Waals surface area contributed by atoms with Crippen LogP contribution in [0.15, 0.2) is 42.9 Å². The van der Waals surface area contributed by atoms with Gasteiger partial charge in [0, 0.05) is 25.1 Å². The van der Waals surface area contributed by atoms with Gasteiger partial charge < -0.3 is 14.3 Å². The van der Waals surface area contributed by atoms with E-state index in [1.165, 1.54) is 18.2 Å². The molecule has 0 atom stereocenters. The number of nitrogens with one attached hydrogen (secondary N) is 3. The number of aromatic amines is 1. The number of hydrogen-bond donors (Lipinski definition) is 3. The number of nitrogens with zero attached hydrogens (tertiary/aromatic N) is 1. The second kappa shape index (κ2) is 6.53. The highest BCUT2D eigenvalue weighted by atomic mass is 32.2. The minimum atomic E-state index is -3.85. The van der Waals surface area contributed by atoms with E-state index in [1.54, 1.807) is 13.0 Å². The Hall–Kier alpha value is -2.92. The van der Waals surface area contributed by atoms with Gasteiger partial charge in [0.05, 0.1) is 10.4 Å². The van der Waals surface area contributed by atoms with Crippen molar-refractivity contribution >= 4 is 32.8 Å². The number of fused-ring (bicyclic) bond motifs is 1. The highest BCUT2D eigenvalue weighted by Gasteiger charge is 2.16. The molecule has 11 heteroatoms. The quantitative estimate of drug-likeness (QED) is 0.582. The van der Waals surface area contributed by atoms with Crippen LogP contribution < -0.4 is 15.8 Å². The molecule has 3 aromatic rings. The van der Waals surface area contributed by atoms with Gasteiger partial charge in [-0.25, -0.2) is 17.9 Å². The number of benzene rings is 1. The molecule has 0 aliphatic carbocycles. The molecule has 0 aliphatic rings. The summed E-state index contributed by atoms with van der Waals surface area (Å²) in [5.41, 5.74) is 0.526. The summed E-state index contributed by atoms with van der Waals surface area (Å²) in [6.07, 6.45) is -0.0907. The molecule has 0 radical (unpaired) electrons. The molecule has 2 heterocycles. The van der Waals surface area contributed by atoms with Crippen molar-refractivity contribution in [3.05, 3.63) is 40.6 Å². The van der Waals surface area contributed by atoms with Crippen LogP contribution in [0, 0.1) is 6.92 Å². The van der Waals surface area contributed by atoms with E-state index in [4.69, 9.17) is 8.94 Å². The van der Waals surface area contributed by atoms with Gasteiger partial charge in [-0.3, -0.25) is 9.78 Å². The number of aromatic nitrogens is 2. The van der Waals surface area contributed by atoms with Crippen LogP contribution in [0.3, 0.4) is 0 Å². The fraction of sp³-hybridized carbons (Fsp3) is 0.214. The monoisotopic (exact) mass is 366 g/mol. The Bertz CT molecular complexity index is 1080. The van der Waals surface area contributed by atoms with Crippen LogP contribution in [-0.4, -0.2) is 31.0 Å². The smallest absolute Gasteiger partial charge is 0.408 e. The normalized spacial score (nSPS) is 11.7. The molecular weight excluding hydrogens is 352 g/mol. The Morgan fingerprint density at radius 2 is 2.12 bits per heavy atom. The van der Waals surface area contributed by atoms with Gasteiger partial charge in [0.15, 0.2) is 11.4 Å². The summed E-state index contributed by atoms with van der Waals surface area (Å²) < 4.78 is 36.4. The number of sulfonamides is 1. The second-order valence-electron chi connectivity index (χ2n) is 5.19. The number of hydrogen-bond acceptors (Lipinski definition) is 7. The van der Waals surface area contributed by atoms with Crippen molar-refractivity contribution in [2.75, 3.05) is 11.9 Å². The predicted molar refractivity (Wildman–Crippen MR) is 86.5 cm³/mol. The van der Waals surface area contributed by atoms with Crippen molar-refractivity contribution in [3.8, 4) is 0 Å². The van der Waals surface area contributed by atoms with Gasteiger partial charge in [0.1, 0.15) is 5.76 Å². The Morgan fingerprint density at radius 1 is 1.32 bits per heavy atom. The maximum atomic E-state index is 12.2. The zero-order valence-electron chi connectivity index (χ0n) is 13.0. The van der Waals surface area contributed by atoms with Gasteiger partial charge in [-0.2, -0.15) is 0 Å². The lowest BCUT2D eigenvalue weighted by Crippen LogP contribution is -2.27. The third-order valence-corrected chi connectivity index (χ3v) is 4.70. The third-order valence-electron chi connectivity index (χ3n) is 3.24. The number of H-pyrrole nitrogens is 1. The van der Waals surface area contributed by atoms with E-state index >= 15 is 0 Å². The molecule has 0 saturated carbocycles. The molecule has 1 aromatic carbocycles. The van der Waals surface area contributed by atoms with Crippen molar-refractivity contribution in [2.45, 2.75) is 18.2 Å². The van der Waals surface area contributed by atoms with E-state index in [0.717, 1.165) is 0 Å². The lowest BCUT2D eigenvalue weighted by atomic mass is 10.3. The lowest BCUT2D eigenvalue weighted by molar-refractivity contribution is -0.116. The number of amides is 1. The first-order valence-corrected chi connectivity index (χ1v) is 8.67. The molecule has 0 bridgehead atoms. The molecule has 3 rings (SSSR count). The van der Waals surface area contributed by atoms with Crippen LogP contribution in [0.4, 0.5) is 5.82 Å². The van der Waals surface area contributed by atoms with Crippen molar-refractivity contribution in [3.63, 3.8) is 0 Å².